The first-order valence-corrected chi connectivity index (χ1v) is 11.6. The summed E-state index contributed by atoms with van der Waals surface area (Å²) in [6.45, 7) is 5.54. The van der Waals surface area contributed by atoms with E-state index in [1.807, 2.05) is 25.1 Å². The zero-order valence-electron chi connectivity index (χ0n) is 19.1. The fourth-order valence-electron chi connectivity index (χ4n) is 3.53. The quantitative estimate of drug-likeness (QED) is 0.400. The summed E-state index contributed by atoms with van der Waals surface area (Å²) in [5.74, 6) is -1.58. The lowest BCUT2D eigenvalue weighted by Gasteiger charge is -2.19. The van der Waals surface area contributed by atoms with Crippen molar-refractivity contribution < 1.29 is 32.2 Å². The van der Waals surface area contributed by atoms with Gasteiger partial charge in [-0.25, -0.2) is 4.39 Å². The lowest BCUT2D eigenvalue weighted by molar-refractivity contribution is -0.146. The molecule has 2 aromatic carbocycles. The third-order valence-corrected chi connectivity index (χ3v) is 6.95. The second-order valence-electron chi connectivity index (χ2n) is 8.91. The second-order valence-corrected chi connectivity index (χ2v) is 10.0. The molecule has 3 rings (SSSR count). The number of thioether (sulfide) groups is 1. The van der Waals surface area contributed by atoms with E-state index in [1.165, 1.54) is 17.8 Å². The van der Waals surface area contributed by atoms with Gasteiger partial charge in [-0.05, 0) is 75.4 Å². The van der Waals surface area contributed by atoms with Crippen LogP contribution in [0.2, 0.25) is 0 Å². The summed E-state index contributed by atoms with van der Waals surface area (Å²) in [7, 11) is 0. The SMILES string of the molecule is CC1=C(COc2cccc(CC(C)(C)C(=O)O)c2)SC(c2ccc(C(F)(F)F)c(F)c2)=CCC1. The number of rotatable bonds is 7. The zero-order valence-corrected chi connectivity index (χ0v) is 19.9. The minimum Gasteiger partial charge on any atom is -0.488 e. The summed E-state index contributed by atoms with van der Waals surface area (Å²) in [5.41, 5.74) is 0.125. The van der Waals surface area contributed by atoms with E-state index in [-0.39, 0.29) is 6.61 Å². The van der Waals surface area contributed by atoms with Crippen LogP contribution in [-0.4, -0.2) is 17.7 Å². The molecular formula is C26H26F4O3S. The Labute approximate surface area is 200 Å². The summed E-state index contributed by atoms with van der Waals surface area (Å²) in [6, 6.07) is 10.2. The van der Waals surface area contributed by atoms with E-state index in [2.05, 4.69) is 0 Å². The van der Waals surface area contributed by atoms with E-state index in [4.69, 9.17) is 4.74 Å². The summed E-state index contributed by atoms with van der Waals surface area (Å²) in [6.07, 6.45) is -1.05. The number of ether oxygens (including phenoxy) is 1. The van der Waals surface area contributed by atoms with Crippen LogP contribution in [0.4, 0.5) is 17.6 Å². The molecule has 0 saturated heterocycles. The molecule has 1 aliphatic heterocycles. The molecule has 1 N–H and O–H groups in total. The van der Waals surface area contributed by atoms with Crippen molar-refractivity contribution in [3.05, 3.63) is 81.5 Å². The first kappa shape index (κ1) is 25.9. The van der Waals surface area contributed by atoms with Crippen molar-refractivity contribution in [2.45, 2.75) is 46.2 Å². The number of carboxylic acid groups (broad SMARTS) is 1. The van der Waals surface area contributed by atoms with Crippen LogP contribution in [0.3, 0.4) is 0 Å². The molecule has 0 bridgehead atoms. The van der Waals surface area contributed by atoms with E-state index in [9.17, 15) is 27.5 Å². The first-order chi connectivity index (χ1) is 15.9. The van der Waals surface area contributed by atoms with Crippen molar-refractivity contribution in [1.82, 2.24) is 0 Å². The van der Waals surface area contributed by atoms with Gasteiger partial charge in [0.15, 0.2) is 0 Å². The molecule has 0 spiro atoms. The van der Waals surface area contributed by atoms with Crippen LogP contribution in [0.1, 0.15) is 50.3 Å². The molecule has 1 heterocycles. The number of aliphatic carboxylic acids is 1. The molecule has 0 saturated carbocycles. The highest BCUT2D eigenvalue weighted by Gasteiger charge is 2.34. The number of hydrogen-bond acceptors (Lipinski definition) is 3. The fraction of sp³-hybridized carbons (Fsp3) is 0.346. The zero-order chi connectivity index (χ0) is 25.1. The van der Waals surface area contributed by atoms with E-state index in [0.29, 0.717) is 29.1 Å². The molecule has 0 aliphatic carbocycles. The Bertz CT molecular complexity index is 1130. The summed E-state index contributed by atoms with van der Waals surface area (Å²) < 4.78 is 58.8. The van der Waals surface area contributed by atoms with Gasteiger partial charge in [-0.1, -0.05) is 41.6 Å². The molecule has 0 radical (unpaired) electrons. The largest absolute Gasteiger partial charge is 0.488 e. The Morgan fingerprint density at radius 1 is 1.15 bits per heavy atom. The predicted octanol–water partition coefficient (Wildman–Crippen LogP) is 7.72. The molecule has 0 atom stereocenters. The highest BCUT2D eigenvalue weighted by molar-refractivity contribution is 8.11. The smallest absolute Gasteiger partial charge is 0.419 e. The van der Waals surface area contributed by atoms with Crippen LogP contribution in [0.25, 0.3) is 4.91 Å². The molecule has 2 aromatic rings. The number of allylic oxidation sites excluding steroid dienone is 2. The van der Waals surface area contributed by atoms with Gasteiger partial charge in [0, 0.05) is 9.81 Å². The van der Waals surface area contributed by atoms with Gasteiger partial charge in [-0.15, -0.1) is 0 Å². The molecular weight excluding hydrogens is 468 g/mol. The minimum atomic E-state index is -4.74. The third-order valence-electron chi connectivity index (χ3n) is 5.61. The Morgan fingerprint density at radius 3 is 2.53 bits per heavy atom. The monoisotopic (exact) mass is 494 g/mol. The number of hydrogen-bond donors (Lipinski definition) is 1. The lowest BCUT2D eigenvalue weighted by Crippen LogP contribution is -2.26. The molecule has 0 fully saturated rings. The van der Waals surface area contributed by atoms with Gasteiger partial charge in [-0.3, -0.25) is 4.79 Å². The average molecular weight is 495 g/mol. The molecule has 182 valence electrons. The average Bonchev–Trinajstić information content (AvgIpc) is 2.92. The van der Waals surface area contributed by atoms with Gasteiger partial charge in [0.1, 0.15) is 18.2 Å². The van der Waals surface area contributed by atoms with Crippen molar-refractivity contribution in [3.63, 3.8) is 0 Å². The van der Waals surface area contributed by atoms with Gasteiger partial charge in [0.2, 0.25) is 0 Å². The van der Waals surface area contributed by atoms with Crippen LogP contribution >= 0.6 is 11.8 Å². The van der Waals surface area contributed by atoms with Crippen molar-refractivity contribution in [2.75, 3.05) is 6.61 Å². The van der Waals surface area contributed by atoms with E-state index in [1.54, 1.807) is 26.0 Å². The number of carbonyl (C=O) groups is 1. The highest BCUT2D eigenvalue weighted by atomic mass is 32.2. The van der Waals surface area contributed by atoms with Crippen molar-refractivity contribution in [3.8, 4) is 5.75 Å². The number of halogens is 4. The molecule has 8 heteroatoms. The van der Waals surface area contributed by atoms with E-state index in [0.717, 1.165) is 34.6 Å². The van der Waals surface area contributed by atoms with Crippen molar-refractivity contribution in [2.24, 2.45) is 5.41 Å². The Hall–Kier alpha value is -2.74. The number of carboxylic acids is 1. The Balaban J connectivity index is 1.74. The standard InChI is InChI=1S/C26H26F4O3S/c1-16-6-4-9-22(18-10-11-20(21(27)13-18)26(28,29)30)34-23(16)15-33-19-8-5-7-17(12-19)14-25(2,3)24(31)32/h5,7-13H,4,6,14-15H2,1-3H3,(H,31,32). The van der Waals surface area contributed by atoms with Crippen LogP contribution in [0, 0.1) is 11.2 Å². The normalized spacial score (nSPS) is 15.1. The molecule has 3 nitrogen and oxygen atoms in total. The van der Waals surface area contributed by atoms with E-state index >= 15 is 0 Å². The maximum atomic E-state index is 14.1. The maximum Gasteiger partial charge on any atom is 0.419 e. The molecule has 34 heavy (non-hydrogen) atoms. The molecule has 0 amide bonds. The third kappa shape index (κ3) is 6.44. The van der Waals surface area contributed by atoms with Crippen molar-refractivity contribution >= 4 is 22.6 Å². The lowest BCUT2D eigenvalue weighted by atomic mass is 9.86. The highest BCUT2D eigenvalue weighted by Crippen LogP contribution is 2.41. The topological polar surface area (TPSA) is 46.5 Å². The summed E-state index contributed by atoms with van der Waals surface area (Å²) in [4.78, 5) is 13.0. The number of benzene rings is 2. The van der Waals surface area contributed by atoms with Gasteiger partial charge >= 0.3 is 12.1 Å². The van der Waals surface area contributed by atoms with Crippen LogP contribution < -0.4 is 4.74 Å². The van der Waals surface area contributed by atoms with Gasteiger partial charge in [0.05, 0.1) is 11.0 Å². The predicted molar refractivity (Wildman–Crippen MR) is 126 cm³/mol. The molecule has 0 aromatic heterocycles. The molecule has 0 unspecified atom stereocenters. The first-order valence-electron chi connectivity index (χ1n) is 10.8. The van der Waals surface area contributed by atoms with Gasteiger partial charge in [-0.2, -0.15) is 13.2 Å². The van der Waals surface area contributed by atoms with Crippen LogP contribution in [0.5, 0.6) is 5.75 Å². The van der Waals surface area contributed by atoms with Crippen LogP contribution in [0.15, 0.2) is 59.0 Å². The maximum absolute atomic E-state index is 14.1. The summed E-state index contributed by atoms with van der Waals surface area (Å²) >= 11 is 1.36. The molecule has 1 aliphatic rings. The minimum absolute atomic E-state index is 0.239. The van der Waals surface area contributed by atoms with Gasteiger partial charge in [0.25, 0.3) is 0 Å². The Kier molecular flexibility index (Phi) is 7.81. The second kappa shape index (κ2) is 10.3. The van der Waals surface area contributed by atoms with Gasteiger partial charge < -0.3 is 9.84 Å². The van der Waals surface area contributed by atoms with Crippen LogP contribution in [-0.2, 0) is 17.4 Å². The van der Waals surface area contributed by atoms with E-state index < -0.39 is 28.9 Å². The summed E-state index contributed by atoms with van der Waals surface area (Å²) in [5, 5.41) is 9.37. The van der Waals surface area contributed by atoms with Crippen molar-refractivity contribution in [1.29, 1.82) is 0 Å². The fourth-order valence-corrected chi connectivity index (χ4v) is 4.63. The Morgan fingerprint density at radius 2 is 1.88 bits per heavy atom. The number of alkyl halides is 3.